The molecular weight excluding hydrogens is 599 g/mol. The molecule has 3 aromatic heterocycles. The van der Waals surface area contributed by atoms with E-state index in [1.165, 1.54) is 17.1 Å². The van der Waals surface area contributed by atoms with Crippen LogP contribution in [0.25, 0.3) is 46.4 Å². The minimum absolute atomic E-state index is 0.939. The van der Waals surface area contributed by atoms with Crippen molar-refractivity contribution < 1.29 is 0 Å². The highest BCUT2D eigenvalue weighted by Crippen LogP contribution is 2.33. The first-order valence-electron chi connectivity index (χ1n) is 16.2. The number of hydrogen-bond donors (Lipinski definition) is 2. The van der Waals surface area contributed by atoms with Crippen LogP contribution in [0.2, 0.25) is 0 Å². The van der Waals surface area contributed by atoms with E-state index in [1.807, 2.05) is 103 Å². The zero-order valence-electron chi connectivity index (χ0n) is 26.9. The number of fused-ring (bicyclic) bond motifs is 8. The maximum Gasteiger partial charge on any atom is 0.0658 e. The molecule has 0 aliphatic carbocycles. The van der Waals surface area contributed by atoms with Gasteiger partial charge < -0.3 is 14.9 Å². The summed E-state index contributed by atoms with van der Waals surface area (Å²) < 4.78 is 0. The van der Waals surface area contributed by atoms with Gasteiger partial charge in [-0.1, -0.05) is 91.0 Å². The third-order valence-corrected chi connectivity index (χ3v) is 7.75. The van der Waals surface area contributed by atoms with E-state index in [9.17, 15) is 0 Å². The van der Waals surface area contributed by atoms with E-state index in [4.69, 9.17) is 0 Å². The second kappa shape index (κ2) is 15.2. The van der Waals surface area contributed by atoms with E-state index >= 15 is 0 Å². The molecule has 5 heteroatoms. The molecule has 2 aliphatic heterocycles. The van der Waals surface area contributed by atoms with Crippen molar-refractivity contribution in [3.8, 4) is 0 Å². The number of H-pyrrole nitrogens is 2. The summed E-state index contributed by atoms with van der Waals surface area (Å²) in [6.07, 6.45) is 8.09. The molecule has 5 heterocycles. The molecule has 0 spiro atoms. The number of hydrogen-bond acceptors (Lipinski definition) is 3. The Kier molecular flexibility index (Phi) is 9.62. The summed E-state index contributed by atoms with van der Waals surface area (Å²) in [4.78, 5) is 18.3. The van der Waals surface area contributed by atoms with Gasteiger partial charge in [-0.25, -0.2) is 9.97 Å². The first kappa shape index (κ1) is 30.9. The lowest BCUT2D eigenvalue weighted by atomic mass is 10.2. The average molecular weight is 634 g/mol. The normalized spacial score (nSPS) is 11.1. The van der Waals surface area contributed by atoms with Crippen LogP contribution in [0.15, 0.2) is 176 Å². The van der Waals surface area contributed by atoms with Gasteiger partial charge in [0.2, 0.25) is 0 Å². The largest absolute Gasteiger partial charge is 0.355 e. The molecule has 0 atom stereocenters. The lowest BCUT2D eigenvalue weighted by Crippen LogP contribution is -2.09. The van der Waals surface area contributed by atoms with Crippen LogP contribution < -0.4 is 4.90 Å². The van der Waals surface area contributed by atoms with E-state index in [2.05, 4.69) is 122 Å². The summed E-state index contributed by atoms with van der Waals surface area (Å²) in [5.41, 5.74) is 11.4. The predicted octanol–water partition coefficient (Wildman–Crippen LogP) is 11.5. The van der Waals surface area contributed by atoms with Crippen molar-refractivity contribution in [1.29, 1.82) is 0 Å². The van der Waals surface area contributed by atoms with Crippen LogP contribution in [-0.2, 0) is 0 Å². The number of anilines is 3. The van der Waals surface area contributed by atoms with Gasteiger partial charge in [0.15, 0.2) is 0 Å². The van der Waals surface area contributed by atoms with Crippen LogP contribution in [0, 0.1) is 0 Å². The second-order valence-corrected chi connectivity index (χ2v) is 11.4. The summed E-state index contributed by atoms with van der Waals surface area (Å²) in [6, 6.07) is 59.6. The van der Waals surface area contributed by atoms with E-state index < -0.39 is 0 Å². The number of aromatic amines is 2. The van der Waals surface area contributed by atoms with Crippen LogP contribution in [0.1, 0.15) is 22.8 Å². The number of aromatic nitrogens is 4. The van der Waals surface area contributed by atoms with E-state index in [1.54, 1.807) is 0 Å². The summed E-state index contributed by atoms with van der Waals surface area (Å²) >= 11 is 0. The number of nitrogens with one attached hydrogen (secondary N) is 2. The molecule has 49 heavy (non-hydrogen) atoms. The summed E-state index contributed by atoms with van der Waals surface area (Å²) in [5, 5.41) is 0. The summed E-state index contributed by atoms with van der Waals surface area (Å²) in [6.45, 7) is 0. The zero-order valence-corrected chi connectivity index (χ0v) is 26.9. The van der Waals surface area contributed by atoms with Gasteiger partial charge in [0, 0.05) is 39.1 Å². The van der Waals surface area contributed by atoms with Crippen molar-refractivity contribution in [3.63, 3.8) is 0 Å². The Morgan fingerprint density at radius 3 is 0.816 bits per heavy atom. The van der Waals surface area contributed by atoms with Crippen molar-refractivity contribution in [2.24, 2.45) is 0 Å². The van der Waals surface area contributed by atoms with Crippen molar-refractivity contribution >= 4 is 63.4 Å². The van der Waals surface area contributed by atoms with Crippen molar-refractivity contribution in [2.45, 2.75) is 0 Å². The highest BCUT2D eigenvalue weighted by atomic mass is 15.1. The van der Waals surface area contributed by atoms with Crippen molar-refractivity contribution in [3.05, 3.63) is 199 Å². The Balaban J connectivity index is 0.000000135. The number of benzene rings is 4. The third-order valence-electron chi connectivity index (χ3n) is 7.75. The van der Waals surface area contributed by atoms with Crippen molar-refractivity contribution in [1.82, 2.24) is 19.9 Å². The minimum atomic E-state index is 0.939. The quantitative estimate of drug-likeness (QED) is 0.203. The molecule has 0 unspecified atom stereocenters. The van der Waals surface area contributed by atoms with Gasteiger partial charge in [0.1, 0.15) is 0 Å². The molecule has 0 saturated carbocycles. The molecule has 4 aromatic carbocycles. The number of nitrogens with zero attached hydrogens (tertiary/aromatic N) is 3. The lowest BCUT2D eigenvalue weighted by molar-refractivity contribution is 1.28. The first-order valence-corrected chi connectivity index (χ1v) is 16.2. The van der Waals surface area contributed by atoms with E-state index in [-0.39, 0.29) is 0 Å². The molecule has 2 N–H and O–H groups in total. The molecule has 9 rings (SSSR count). The average Bonchev–Trinajstić information content (AvgIpc) is 3.99. The van der Waals surface area contributed by atoms with Gasteiger partial charge in [-0.05, 0) is 109 Å². The van der Waals surface area contributed by atoms with Gasteiger partial charge in [0.05, 0.1) is 22.8 Å². The van der Waals surface area contributed by atoms with Gasteiger partial charge in [-0.15, -0.1) is 0 Å². The topological polar surface area (TPSA) is 60.6 Å². The highest BCUT2D eigenvalue weighted by molar-refractivity contribution is 5.78. The Morgan fingerprint density at radius 2 is 0.551 bits per heavy atom. The fraction of sp³-hybridized carbons (Fsp3) is 0. The molecule has 0 saturated heterocycles. The number of para-hydroxylation sites is 3. The highest BCUT2D eigenvalue weighted by Gasteiger charge is 2.10. The summed E-state index contributed by atoms with van der Waals surface area (Å²) in [5.74, 6) is 0. The molecule has 5 nitrogen and oxygen atoms in total. The molecule has 2 aliphatic rings. The predicted molar refractivity (Wildman–Crippen MR) is 206 cm³/mol. The van der Waals surface area contributed by atoms with Crippen LogP contribution in [0.5, 0.6) is 0 Å². The standard InChI is InChI=1S/C20H14N4.C18H15N.C6H6/c1-2-14-10-16-5-6-18(23-16)12-20-8-7-19(24-20)11-17-4-3-15(22-17)9-13(1)21-14;1-4-10-16(11-5-1)19(17-12-6-2-7-13-17)18-14-8-3-9-15-18;1-2-4-6-5-3-1/h1-12,21,24H;1-15H;1-6H. The molecule has 0 radical (unpaired) electrons. The van der Waals surface area contributed by atoms with Gasteiger partial charge in [-0.2, -0.15) is 0 Å². The Morgan fingerprint density at radius 1 is 0.306 bits per heavy atom. The molecule has 0 amide bonds. The van der Waals surface area contributed by atoms with Gasteiger partial charge in [-0.3, -0.25) is 0 Å². The zero-order chi connectivity index (χ0) is 33.1. The Bertz CT molecular complexity index is 2030. The van der Waals surface area contributed by atoms with Gasteiger partial charge in [0.25, 0.3) is 0 Å². The first-order chi connectivity index (χ1) is 24.2. The Hall–Kier alpha value is -6.72. The fourth-order valence-corrected chi connectivity index (χ4v) is 5.51. The maximum atomic E-state index is 4.63. The second-order valence-electron chi connectivity index (χ2n) is 11.4. The summed E-state index contributed by atoms with van der Waals surface area (Å²) in [7, 11) is 0. The van der Waals surface area contributed by atoms with Crippen LogP contribution >= 0.6 is 0 Å². The molecule has 236 valence electrons. The molecule has 0 fully saturated rings. The fourth-order valence-electron chi connectivity index (χ4n) is 5.51. The number of rotatable bonds is 3. The minimum Gasteiger partial charge on any atom is -0.355 e. The van der Waals surface area contributed by atoms with E-state index in [0.717, 1.165) is 44.8 Å². The van der Waals surface area contributed by atoms with Crippen LogP contribution in [0.3, 0.4) is 0 Å². The van der Waals surface area contributed by atoms with E-state index in [0.29, 0.717) is 0 Å². The van der Waals surface area contributed by atoms with Crippen LogP contribution in [-0.4, -0.2) is 19.9 Å². The SMILES string of the molecule is C1=Cc2cc3ccc(cc4nc(cc5ccc(cc1n2)[nH]5)C=C4)[nH]3.c1ccc(N(c2ccccc2)c2ccccc2)cc1.c1ccccc1. The lowest BCUT2D eigenvalue weighted by Gasteiger charge is -2.25. The smallest absolute Gasteiger partial charge is 0.0658 e. The third kappa shape index (κ3) is 8.36. The van der Waals surface area contributed by atoms with Crippen molar-refractivity contribution in [2.75, 3.05) is 4.90 Å². The monoisotopic (exact) mass is 633 g/mol. The van der Waals surface area contributed by atoms with Gasteiger partial charge >= 0.3 is 0 Å². The van der Waals surface area contributed by atoms with Crippen LogP contribution in [0.4, 0.5) is 17.1 Å². The molecule has 7 aromatic rings. The Labute approximate surface area is 286 Å². The molecule has 8 bridgehead atoms. The molecular formula is C44H35N5. The maximum absolute atomic E-state index is 4.63.